The van der Waals surface area contributed by atoms with Gasteiger partial charge in [-0.15, -0.1) is 0 Å². The second-order valence-electron chi connectivity index (χ2n) is 7.90. The largest absolute Gasteiger partial charge is 0.378 e. The van der Waals surface area contributed by atoms with Crippen LogP contribution in [0.25, 0.3) is 16.9 Å². The summed E-state index contributed by atoms with van der Waals surface area (Å²) in [7, 11) is 0. The number of fused-ring (bicyclic) bond motifs is 2. The van der Waals surface area contributed by atoms with Gasteiger partial charge in [0, 0.05) is 60.4 Å². The zero-order valence-corrected chi connectivity index (χ0v) is 17.3. The number of hydrogen-bond donors (Lipinski definition) is 1. The third-order valence-corrected chi connectivity index (χ3v) is 5.87. The Morgan fingerprint density at radius 1 is 1.06 bits per heavy atom. The third kappa shape index (κ3) is 3.38. The molecule has 1 N–H and O–H groups in total. The number of nitrogens with zero attached hydrogens (tertiary/aromatic N) is 5. The first-order valence-electron chi connectivity index (χ1n) is 10.6. The van der Waals surface area contributed by atoms with Crippen molar-refractivity contribution < 1.29 is 9.13 Å². The summed E-state index contributed by atoms with van der Waals surface area (Å²) in [5.74, 6) is 0.336. The highest BCUT2D eigenvalue weighted by Gasteiger charge is 2.17. The molecular formula is C24H21FN6O. The number of aliphatic imine (C=N–C) groups is 1. The predicted octanol–water partition coefficient (Wildman–Crippen LogP) is 4.05. The van der Waals surface area contributed by atoms with E-state index in [0.717, 1.165) is 37.6 Å². The molecule has 1 saturated heterocycles. The molecule has 2 aromatic heterocycles. The SMILES string of the molecule is Fc1cc(-c2cn3ccnc3c(Nc3ccc(N4CCOCC4)cc3)n2)cc2c1C=NC2. The van der Waals surface area contributed by atoms with E-state index in [1.54, 1.807) is 12.4 Å². The van der Waals surface area contributed by atoms with Gasteiger partial charge in [-0.05, 0) is 42.0 Å². The molecule has 32 heavy (non-hydrogen) atoms. The molecule has 0 saturated carbocycles. The fraction of sp³-hybridized carbons (Fsp3) is 0.208. The fourth-order valence-corrected chi connectivity index (χ4v) is 4.20. The van der Waals surface area contributed by atoms with Crippen LogP contribution in [0.5, 0.6) is 0 Å². The van der Waals surface area contributed by atoms with Gasteiger partial charge in [0.25, 0.3) is 0 Å². The molecule has 0 amide bonds. The Morgan fingerprint density at radius 2 is 1.91 bits per heavy atom. The molecule has 1 fully saturated rings. The van der Waals surface area contributed by atoms with E-state index in [2.05, 4.69) is 32.3 Å². The number of hydrogen-bond acceptors (Lipinski definition) is 6. The van der Waals surface area contributed by atoms with Crippen LogP contribution in [0.4, 0.5) is 21.6 Å². The monoisotopic (exact) mass is 428 g/mol. The van der Waals surface area contributed by atoms with Gasteiger partial charge in [-0.3, -0.25) is 4.99 Å². The second-order valence-corrected chi connectivity index (χ2v) is 7.90. The standard InChI is InChI=1S/C24H21FN6O/c25-21-12-16(11-17-13-26-14-20(17)21)22-15-31-6-5-27-24(31)23(29-22)28-18-1-3-19(4-2-18)30-7-9-32-10-8-30/h1-6,11-12,14-15H,7-10,13H2,(H,28,29). The van der Waals surface area contributed by atoms with Crippen molar-refractivity contribution in [3.05, 3.63) is 71.9 Å². The highest BCUT2D eigenvalue weighted by Crippen LogP contribution is 2.29. The molecule has 0 unspecified atom stereocenters. The van der Waals surface area contributed by atoms with Crippen LogP contribution in [0.1, 0.15) is 11.1 Å². The Kier molecular flexibility index (Phi) is 4.57. The smallest absolute Gasteiger partial charge is 0.180 e. The fourth-order valence-electron chi connectivity index (χ4n) is 4.20. The van der Waals surface area contributed by atoms with E-state index >= 15 is 0 Å². The average Bonchev–Trinajstić information content (AvgIpc) is 3.50. The summed E-state index contributed by atoms with van der Waals surface area (Å²) >= 11 is 0. The molecule has 4 heterocycles. The van der Waals surface area contributed by atoms with Crippen LogP contribution in [0, 0.1) is 5.82 Å². The molecule has 6 rings (SSSR count). The minimum absolute atomic E-state index is 0.278. The van der Waals surface area contributed by atoms with E-state index in [1.807, 2.05) is 35.0 Å². The van der Waals surface area contributed by atoms with Crippen molar-refractivity contribution in [2.75, 3.05) is 36.5 Å². The van der Waals surface area contributed by atoms with E-state index in [1.165, 1.54) is 11.8 Å². The molecule has 7 nitrogen and oxygen atoms in total. The molecule has 4 aromatic rings. The van der Waals surface area contributed by atoms with Crippen molar-refractivity contribution in [1.29, 1.82) is 0 Å². The lowest BCUT2D eigenvalue weighted by Crippen LogP contribution is -2.36. The van der Waals surface area contributed by atoms with E-state index in [0.29, 0.717) is 34.8 Å². The molecule has 2 aliphatic rings. The summed E-state index contributed by atoms with van der Waals surface area (Å²) in [5.41, 5.74) is 5.60. The van der Waals surface area contributed by atoms with Crippen molar-refractivity contribution in [2.24, 2.45) is 4.99 Å². The highest BCUT2D eigenvalue weighted by molar-refractivity contribution is 5.86. The topological polar surface area (TPSA) is 67.0 Å². The summed E-state index contributed by atoms with van der Waals surface area (Å²) in [5, 5.41) is 3.38. The van der Waals surface area contributed by atoms with E-state index in [4.69, 9.17) is 9.72 Å². The predicted molar refractivity (Wildman–Crippen MR) is 122 cm³/mol. The van der Waals surface area contributed by atoms with Crippen LogP contribution in [0.15, 0.2) is 60.0 Å². The maximum atomic E-state index is 14.6. The Balaban J connectivity index is 1.33. The van der Waals surface area contributed by atoms with Gasteiger partial charge in [0.1, 0.15) is 5.82 Å². The number of ether oxygens (including phenoxy) is 1. The maximum Gasteiger partial charge on any atom is 0.180 e. The minimum atomic E-state index is -0.278. The van der Waals surface area contributed by atoms with Crippen LogP contribution in [-0.2, 0) is 11.3 Å². The summed E-state index contributed by atoms with van der Waals surface area (Å²) in [4.78, 5) is 15.7. The molecule has 0 atom stereocenters. The van der Waals surface area contributed by atoms with Crippen molar-refractivity contribution in [3.63, 3.8) is 0 Å². The third-order valence-electron chi connectivity index (χ3n) is 5.87. The van der Waals surface area contributed by atoms with Crippen LogP contribution in [-0.4, -0.2) is 46.9 Å². The number of aromatic nitrogens is 3. The highest BCUT2D eigenvalue weighted by atomic mass is 19.1. The number of rotatable bonds is 4. The lowest BCUT2D eigenvalue weighted by Gasteiger charge is -2.28. The number of halogens is 1. The lowest BCUT2D eigenvalue weighted by molar-refractivity contribution is 0.122. The van der Waals surface area contributed by atoms with Gasteiger partial charge >= 0.3 is 0 Å². The van der Waals surface area contributed by atoms with Crippen molar-refractivity contribution in [2.45, 2.75) is 6.54 Å². The van der Waals surface area contributed by atoms with Gasteiger partial charge in [-0.25, -0.2) is 14.4 Å². The van der Waals surface area contributed by atoms with E-state index < -0.39 is 0 Å². The normalized spacial score (nSPS) is 15.3. The zero-order chi connectivity index (χ0) is 21.5. The first kappa shape index (κ1) is 18.9. The molecular weight excluding hydrogens is 407 g/mol. The molecule has 0 aliphatic carbocycles. The molecule has 8 heteroatoms. The molecule has 160 valence electrons. The Morgan fingerprint density at radius 3 is 2.75 bits per heavy atom. The first-order valence-corrected chi connectivity index (χ1v) is 10.6. The lowest BCUT2D eigenvalue weighted by atomic mass is 10.0. The number of nitrogens with one attached hydrogen (secondary N) is 1. The van der Waals surface area contributed by atoms with Crippen molar-refractivity contribution in [3.8, 4) is 11.3 Å². The molecule has 0 bridgehead atoms. The summed E-state index contributed by atoms with van der Waals surface area (Å²) in [6.45, 7) is 3.79. The van der Waals surface area contributed by atoms with Crippen LogP contribution < -0.4 is 10.2 Å². The Hall–Kier alpha value is -3.78. The first-order chi connectivity index (χ1) is 15.7. The Bertz CT molecular complexity index is 1320. The summed E-state index contributed by atoms with van der Waals surface area (Å²) in [6, 6.07) is 11.7. The van der Waals surface area contributed by atoms with Crippen LogP contribution in [0.3, 0.4) is 0 Å². The second kappa shape index (κ2) is 7.72. The van der Waals surface area contributed by atoms with E-state index in [-0.39, 0.29) is 5.82 Å². The number of imidazole rings is 1. The van der Waals surface area contributed by atoms with Gasteiger partial charge in [0.2, 0.25) is 0 Å². The summed E-state index contributed by atoms with van der Waals surface area (Å²) < 4.78 is 21.9. The van der Waals surface area contributed by atoms with Crippen LogP contribution >= 0.6 is 0 Å². The van der Waals surface area contributed by atoms with Crippen LogP contribution in [0.2, 0.25) is 0 Å². The average molecular weight is 428 g/mol. The minimum Gasteiger partial charge on any atom is -0.378 e. The van der Waals surface area contributed by atoms with Gasteiger partial charge in [-0.2, -0.15) is 0 Å². The molecule has 2 aromatic carbocycles. The Labute approximate surface area is 184 Å². The van der Waals surface area contributed by atoms with Gasteiger partial charge in [0.15, 0.2) is 11.5 Å². The molecule has 0 radical (unpaired) electrons. The van der Waals surface area contributed by atoms with E-state index in [9.17, 15) is 4.39 Å². The maximum absolute atomic E-state index is 14.6. The van der Waals surface area contributed by atoms with Gasteiger partial charge in [0.05, 0.1) is 25.5 Å². The van der Waals surface area contributed by atoms with Crippen molar-refractivity contribution >= 4 is 29.1 Å². The number of morpholine rings is 1. The van der Waals surface area contributed by atoms with Gasteiger partial charge < -0.3 is 19.4 Å². The quantitative estimate of drug-likeness (QED) is 0.531. The van der Waals surface area contributed by atoms with Crippen molar-refractivity contribution in [1.82, 2.24) is 14.4 Å². The number of anilines is 3. The molecule has 2 aliphatic heterocycles. The van der Waals surface area contributed by atoms with Gasteiger partial charge in [-0.1, -0.05) is 0 Å². The zero-order valence-electron chi connectivity index (χ0n) is 17.3. The molecule has 0 spiro atoms. The number of benzene rings is 2. The summed E-state index contributed by atoms with van der Waals surface area (Å²) in [6.07, 6.45) is 7.05.